The molecular weight excluding hydrogens is 299 g/mol. The summed E-state index contributed by atoms with van der Waals surface area (Å²) in [6.45, 7) is 0.300. The predicted octanol–water partition coefficient (Wildman–Crippen LogP) is 1.66. The van der Waals surface area contributed by atoms with Crippen LogP contribution in [0.1, 0.15) is 6.42 Å². The molecule has 1 aliphatic heterocycles. The van der Waals surface area contributed by atoms with Gasteiger partial charge >= 0.3 is 0 Å². The highest BCUT2D eigenvalue weighted by Crippen LogP contribution is 2.31. The number of aromatic nitrogens is 1. The molecule has 0 spiro atoms. The zero-order valence-corrected chi connectivity index (χ0v) is 11.5. The van der Waals surface area contributed by atoms with Gasteiger partial charge in [-0.15, -0.1) is 0 Å². The molecule has 8 heteroatoms. The quantitative estimate of drug-likeness (QED) is 0.796. The van der Waals surface area contributed by atoms with E-state index < -0.39 is 9.05 Å². The molecule has 0 aliphatic carbocycles. The summed E-state index contributed by atoms with van der Waals surface area (Å²) in [4.78, 5) is 17.1. The molecule has 0 bridgehead atoms. The van der Waals surface area contributed by atoms with Crippen LogP contribution in [0.5, 0.6) is 0 Å². The largest absolute Gasteiger partial charge is 0.310 e. The Kier molecular flexibility index (Phi) is 3.79. The normalized spacial score (nSPS) is 20.4. The lowest BCUT2D eigenvalue weighted by Crippen LogP contribution is -2.25. The van der Waals surface area contributed by atoms with E-state index in [1.54, 1.807) is 6.07 Å². The molecular formula is C10H10Cl2N2O3S. The maximum atomic E-state index is 11.8. The average Bonchev–Trinajstić information content (AvgIpc) is 2.57. The van der Waals surface area contributed by atoms with E-state index >= 15 is 0 Å². The molecule has 1 unspecified atom stereocenters. The zero-order valence-electron chi connectivity index (χ0n) is 9.21. The number of halogens is 2. The van der Waals surface area contributed by atoms with Crippen LogP contribution in [0.4, 0.5) is 5.69 Å². The number of amides is 1. The lowest BCUT2D eigenvalue weighted by Gasteiger charge is -2.17. The van der Waals surface area contributed by atoms with Gasteiger partial charge in [0.25, 0.3) is 0 Å². The summed E-state index contributed by atoms with van der Waals surface area (Å²) in [6.07, 6.45) is 3.13. The Morgan fingerprint density at radius 2 is 2.22 bits per heavy atom. The van der Waals surface area contributed by atoms with Crippen LogP contribution in [0, 0.1) is 5.92 Å². The molecule has 5 nitrogen and oxygen atoms in total. The summed E-state index contributed by atoms with van der Waals surface area (Å²) in [7, 11) is 1.59. The molecule has 1 fully saturated rings. The van der Waals surface area contributed by atoms with Crippen molar-refractivity contribution < 1.29 is 13.2 Å². The van der Waals surface area contributed by atoms with Gasteiger partial charge in [-0.2, -0.15) is 0 Å². The summed E-state index contributed by atoms with van der Waals surface area (Å²) < 4.78 is 22.0. The van der Waals surface area contributed by atoms with Crippen molar-refractivity contribution in [3.05, 3.63) is 23.5 Å². The van der Waals surface area contributed by atoms with Crippen molar-refractivity contribution in [3.63, 3.8) is 0 Å². The monoisotopic (exact) mass is 308 g/mol. The number of nitrogens with zero attached hydrogens (tertiary/aromatic N) is 2. The topological polar surface area (TPSA) is 67.3 Å². The highest BCUT2D eigenvalue weighted by atomic mass is 35.7. The minimum atomic E-state index is -3.60. The first-order chi connectivity index (χ1) is 8.37. The Morgan fingerprint density at radius 3 is 2.83 bits per heavy atom. The van der Waals surface area contributed by atoms with Gasteiger partial charge in [0.1, 0.15) is 0 Å². The minimum Gasteiger partial charge on any atom is -0.310 e. The van der Waals surface area contributed by atoms with Crippen molar-refractivity contribution in [3.8, 4) is 0 Å². The molecule has 1 aliphatic rings. The summed E-state index contributed by atoms with van der Waals surface area (Å²) in [5, 5.41) is 0.361. The second kappa shape index (κ2) is 5.03. The third kappa shape index (κ3) is 3.13. The maximum absolute atomic E-state index is 11.8. The van der Waals surface area contributed by atoms with E-state index in [1.165, 1.54) is 17.3 Å². The van der Waals surface area contributed by atoms with Gasteiger partial charge in [-0.05, 0) is 6.07 Å². The van der Waals surface area contributed by atoms with E-state index in [-0.39, 0.29) is 24.0 Å². The van der Waals surface area contributed by atoms with E-state index in [1.807, 2.05) is 0 Å². The van der Waals surface area contributed by atoms with E-state index in [2.05, 4.69) is 4.98 Å². The van der Waals surface area contributed by atoms with Crippen molar-refractivity contribution in [2.75, 3.05) is 17.2 Å². The van der Waals surface area contributed by atoms with E-state index in [4.69, 9.17) is 22.3 Å². The highest BCUT2D eigenvalue weighted by Gasteiger charge is 2.33. The molecule has 2 rings (SSSR count). The highest BCUT2D eigenvalue weighted by molar-refractivity contribution is 8.13. The van der Waals surface area contributed by atoms with Gasteiger partial charge in [0.15, 0.2) is 0 Å². The minimum absolute atomic E-state index is 0.157. The Hall–Kier alpha value is -0.850. The molecule has 1 aromatic rings. The van der Waals surface area contributed by atoms with Crippen molar-refractivity contribution in [2.45, 2.75) is 6.42 Å². The number of carbonyl (C=O) groups is 1. The molecule has 1 atom stereocenters. The van der Waals surface area contributed by atoms with Gasteiger partial charge in [0.2, 0.25) is 15.0 Å². The van der Waals surface area contributed by atoms with Gasteiger partial charge in [0.05, 0.1) is 16.5 Å². The number of pyridine rings is 1. The molecule has 0 radical (unpaired) electrons. The van der Waals surface area contributed by atoms with Gasteiger partial charge in [-0.1, -0.05) is 11.6 Å². The van der Waals surface area contributed by atoms with Crippen molar-refractivity contribution >= 4 is 42.9 Å². The summed E-state index contributed by atoms with van der Waals surface area (Å²) in [5.74, 6) is -0.669. The first kappa shape index (κ1) is 13.6. The van der Waals surface area contributed by atoms with Crippen molar-refractivity contribution in [1.82, 2.24) is 4.98 Å². The average molecular weight is 309 g/mol. The summed E-state index contributed by atoms with van der Waals surface area (Å²) in [5.41, 5.74) is 0.547. The van der Waals surface area contributed by atoms with Crippen LogP contribution in [0.3, 0.4) is 0 Å². The third-order valence-corrected chi connectivity index (χ3v) is 4.22. The van der Waals surface area contributed by atoms with Crippen LogP contribution in [0.25, 0.3) is 0 Å². The first-order valence-corrected chi connectivity index (χ1v) is 8.04. The molecule has 0 N–H and O–H groups in total. The molecule has 98 valence electrons. The smallest absolute Gasteiger partial charge is 0.232 e. The molecule has 1 saturated heterocycles. The van der Waals surface area contributed by atoms with Crippen molar-refractivity contribution in [1.29, 1.82) is 0 Å². The fourth-order valence-electron chi connectivity index (χ4n) is 1.99. The second-order valence-electron chi connectivity index (χ2n) is 4.11. The SMILES string of the molecule is O=C1CC(CS(=O)(=O)Cl)CN1c1ccncc1Cl. The van der Waals surface area contributed by atoms with Crippen LogP contribution in [-0.4, -0.2) is 31.6 Å². The van der Waals surface area contributed by atoms with Crippen molar-refractivity contribution in [2.24, 2.45) is 5.92 Å². The predicted molar refractivity (Wildman–Crippen MR) is 69.3 cm³/mol. The molecule has 18 heavy (non-hydrogen) atoms. The van der Waals surface area contributed by atoms with Gasteiger partial charge in [-0.3, -0.25) is 9.78 Å². The summed E-state index contributed by atoms with van der Waals surface area (Å²) >= 11 is 5.95. The lowest BCUT2D eigenvalue weighted by molar-refractivity contribution is -0.117. The zero-order chi connectivity index (χ0) is 13.3. The van der Waals surface area contributed by atoms with Gasteiger partial charge in [-0.25, -0.2) is 8.42 Å². The molecule has 0 saturated carbocycles. The Bertz CT molecular complexity index is 576. The Morgan fingerprint density at radius 1 is 1.50 bits per heavy atom. The van der Waals surface area contributed by atoms with Crippen LogP contribution >= 0.6 is 22.3 Å². The van der Waals surface area contributed by atoms with Crippen LogP contribution in [-0.2, 0) is 13.8 Å². The Labute approximate surface area is 114 Å². The van der Waals surface area contributed by atoms with Crippen LogP contribution in [0.15, 0.2) is 18.5 Å². The third-order valence-electron chi connectivity index (χ3n) is 2.68. The number of anilines is 1. The second-order valence-corrected chi connectivity index (χ2v) is 7.34. The molecule has 0 aromatic carbocycles. The molecule has 1 aromatic heterocycles. The van der Waals surface area contributed by atoms with E-state index in [9.17, 15) is 13.2 Å². The van der Waals surface area contributed by atoms with Crippen LogP contribution < -0.4 is 4.90 Å². The van der Waals surface area contributed by atoms with Crippen LogP contribution in [0.2, 0.25) is 5.02 Å². The molecule has 1 amide bonds. The standard InChI is InChI=1S/C10H10Cl2N2O3S/c11-8-4-13-2-1-9(8)14-5-7(3-10(14)15)6-18(12,16)17/h1-2,4,7H,3,5-6H2. The fourth-order valence-corrected chi connectivity index (χ4v) is 3.54. The Balaban J connectivity index is 2.18. The van der Waals surface area contributed by atoms with Gasteiger partial charge in [0, 0.05) is 42.0 Å². The number of hydrogen-bond acceptors (Lipinski definition) is 4. The van der Waals surface area contributed by atoms with E-state index in [0.717, 1.165) is 0 Å². The maximum Gasteiger partial charge on any atom is 0.232 e. The lowest BCUT2D eigenvalue weighted by atomic mass is 10.1. The van der Waals surface area contributed by atoms with Gasteiger partial charge < -0.3 is 4.90 Å². The number of rotatable bonds is 3. The summed E-state index contributed by atoms with van der Waals surface area (Å²) in [6, 6.07) is 1.62. The fraction of sp³-hybridized carbons (Fsp3) is 0.400. The first-order valence-electron chi connectivity index (χ1n) is 5.19. The molecule has 2 heterocycles. The van der Waals surface area contributed by atoms with E-state index in [0.29, 0.717) is 17.3 Å². The number of hydrogen-bond donors (Lipinski definition) is 0. The number of carbonyl (C=O) groups excluding carboxylic acids is 1.